The smallest absolute Gasteiger partial charge is 0.287 e. The number of rotatable bonds is 3. The van der Waals surface area contributed by atoms with Gasteiger partial charge in [-0.2, -0.15) is 0 Å². The van der Waals surface area contributed by atoms with E-state index < -0.39 is 0 Å². The van der Waals surface area contributed by atoms with Gasteiger partial charge in [0.15, 0.2) is 16.5 Å². The van der Waals surface area contributed by atoms with Crippen LogP contribution in [0.5, 0.6) is 0 Å². The number of para-hydroxylation sites is 1. The molecule has 1 atom stereocenters. The Bertz CT molecular complexity index is 785. The molecule has 0 saturated carbocycles. The summed E-state index contributed by atoms with van der Waals surface area (Å²) in [6.45, 7) is 1.76. The summed E-state index contributed by atoms with van der Waals surface area (Å²) in [7, 11) is 0. The number of carbonyl (C=O) groups excluding carboxylic acids is 1. The molecule has 2 aromatic heterocycles. The molecule has 3 aromatic rings. The minimum absolute atomic E-state index is 0.166. The zero-order valence-electron chi connectivity index (χ0n) is 11.8. The van der Waals surface area contributed by atoms with E-state index in [0.29, 0.717) is 11.5 Å². The first-order valence-electron chi connectivity index (χ1n) is 7.27. The van der Waals surface area contributed by atoms with Crippen molar-refractivity contribution in [2.24, 2.45) is 0 Å². The van der Waals surface area contributed by atoms with Crippen LogP contribution in [0, 0.1) is 0 Å². The van der Waals surface area contributed by atoms with Crippen LogP contribution >= 0.6 is 11.3 Å². The van der Waals surface area contributed by atoms with Crippen molar-refractivity contribution in [3.05, 3.63) is 42.2 Å². The van der Waals surface area contributed by atoms with E-state index in [1.807, 2.05) is 24.3 Å². The fourth-order valence-corrected chi connectivity index (χ4v) is 3.51. The SMILES string of the molecule is O=C(NC1CCNC1)c1ccc(-c2nc3ccccc3s2)o1. The van der Waals surface area contributed by atoms with Crippen molar-refractivity contribution in [3.63, 3.8) is 0 Å². The first kappa shape index (κ1) is 13.5. The van der Waals surface area contributed by atoms with Crippen LogP contribution in [-0.4, -0.2) is 30.0 Å². The number of aromatic nitrogens is 1. The lowest BCUT2D eigenvalue weighted by Gasteiger charge is -2.09. The third-order valence-electron chi connectivity index (χ3n) is 3.73. The summed E-state index contributed by atoms with van der Waals surface area (Å²) < 4.78 is 6.80. The minimum Gasteiger partial charge on any atom is -0.448 e. The molecule has 1 aromatic carbocycles. The molecule has 1 fully saturated rings. The van der Waals surface area contributed by atoms with E-state index in [1.54, 1.807) is 23.5 Å². The quantitative estimate of drug-likeness (QED) is 0.780. The van der Waals surface area contributed by atoms with Crippen molar-refractivity contribution in [1.82, 2.24) is 15.6 Å². The second-order valence-corrected chi connectivity index (χ2v) is 6.34. The molecule has 1 saturated heterocycles. The summed E-state index contributed by atoms with van der Waals surface area (Å²) in [5, 5.41) is 6.99. The first-order valence-corrected chi connectivity index (χ1v) is 8.08. The van der Waals surface area contributed by atoms with Gasteiger partial charge in [0.05, 0.1) is 10.2 Å². The lowest BCUT2D eigenvalue weighted by atomic mass is 10.2. The summed E-state index contributed by atoms with van der Waals surface area (Å²) >= 11 is 1.56. The van der Waals surface area contributed by atoms with Crippen LogP contribution in [0.4, 0.5) is 0 Å². The number of thiazole rings is 1. The molecule has 0 bridgehead atoms. The molecule has 4 rings (SSSR count). The van der Waals surface area contributed by atoms with Crippen molar-refractivity contribution in [3.8, 4) is 10.8 Å². The Morgan fingerprint density at radius 1 is 1.32 bits per heavy atom. The molecular weight excluding hydrogens is 298 g/mol. The molecule has 0 spiro atoms. The van der Waals surface area contributed by atoms with Crippen LogP contribution in [-0.2, 0) is 0 Å². The second kappa shape index (κ2) is 5.55. The highest BCUT2D eigenvalue weighted by Gasteiger charge is 2.20. The van der Waals surface area contributed by atoms with Gasteiger partial charge in [0.25, 0.3) is 5.91 Å². The van der Waals surface area contributed by atoms with Crippen LogP contribution in [0.15, 0.2) is 40.8 Å². The van der Waals surface area contributed by atoms with E-state index in [1.165, 1.54) is 0 Å². The first-order chi connectivity index (χ1) is 10.8. The van der Waals surface area contributed by atoms with E-state index in [2.05, 4.69) is 15.6 Å². The number of amides is 1. The van der Waals surface area contributed by atoms with Gasteiger partial charge in [0, 0.05) is 12.6 Å². The van der Waals surface area contributed by atoms with E-state index >= 15 is 0 Å². The predicted octanol–water partition coefficient (Wildman–Crippen LogP) is 2.65. The molecule has 3 heterocycles. The van der Waals surface area contributed by atoms with Crippen LogP contribution in [0.1, 0.15) is 17.0 Å². The number of nitrogens with zero attached hydrogens (tertiary/aromatic N) is 1. The Morgan fingerprint density at radius 3 is 3.05 bits per heavy atom. The van der Waals surface area contributed by atoms with Crippen LogP contribution in [0.25, 0.3) is 21.0 Å². The lowest BCUT2D eigenvalue weighted by Crippen LogP contribution is -2.35. The van der Waals surface area contributed by atoms with Gasteiger partial charge in [0.2, 0.25) is 0 Å². The Hall–Kier alpha value is -2.18. The van der Waals surface area contributed by atoms with Gasteiger partial charge in [-0.05, 0) is 37.2 Å². The largest absolute Gasteiger partial charge is 0.448 e. The fourth-order valence-electron chi connectivity index (χ4n) is 2.59. The van der Waals surface area contributed by atoms with Gasteiger partial charge in [-0.15, -0.1) is 11.3 Å². The summed E-state index contributed by atoms with van der Waals surface area (Å²) in [5.41, 5.74) is 0.946. The summed E-state index contributed by atoms with van der Waals surface area (Å²) in [6, 6.07) is 11.6. The number of carbonyl (C=O) groups is 1. The van der Waals surface area contributed by atoms with Crippen molar-refractivity contribution < 1.29 is 9.21 Å². The maximum Gasteiger partial charge on any atom is 0.287 e. The zero-order chi connectivity index (χ0) is 14.9. The fraction of sp³-hybridized carbons (Fsp3) is 0.250. The monoisotopic (exact) mass is 313 g/mol. The highest BCUT2D eigenvalue weighted by molar-refractivity contribution is 7.21. The third-order valence-corrected chi connectivity index (χ3v) is 4.78. The Labute approximate surface area is 131 Å². The highest BCUT2D eigenvalue weighted by atomic mass is 32.1. The molecule has 6 heteroatoms. The van der Waals surface area contributed by atoms with Gasteiger partial charge < -0.3 is 15.1 Å². The standard InChI is InChI=1S/C16H15N3O2S/c20-15(18-10-7-8-17-9-10)12-5-6-13(21-12)16-19-11-3-1-2-4-14(11)22-16/h1-6,10,17H,7-9H2,(H,18,20). The zero-order valence-corrected chi connectivity index (χ0v) is 12.7. The Balaban J connectivity index is 1.56. The topological polar surface area (TPSA) is 67.2 Å². The van der Waals surface area contributed by atoms with Gasteiger partial charge >= 0.3 is 0 Å². The number of fused-ring (bicyclic) bond motifs is 1. The molecule has 0 aliphatic carbocycles. The van der Waals surface area contributed by atoms with E-state index in [4.69, 9.17) is 4.42 Å². The van der Waals surface area contributed by atoms with Crippen molar-refractivity contribution in [2.75, 3.05) is 13.1 Å². The van der Waals surface area contributed by atoms with Crippen LogP contribution in [0.3, 0.4) is 0 Å². The van der Waals surface area contributed by atoms with E-state index in [0.717, 1.165) is 34.7 Å². The average Bonchev–Trinajstić information content (AvgIpc) is 3.26. The minimum atomic E-state index is -0.166. The molecule has 22 heavy (non-hydrogen) atoms. The average molecular weight is 313 g/mol. The number of benzene rings is 1. The molecule has 112 valence electrons. The molecule has 0 radical (unpaired) electrons. The van der Waals surface area contributed by atoms with Gasteiger partial charge in [-0.1, -0.05) is 12.1 Å². The van der Waals surface area contributed by atoms with E-state index in [-0.39, 0.29) is 11.9 Å². The molecule has 1 amide bonds. The van der Waals surface area contributed by atoms with Gasteiger partial charge in [-0.25, -0.2) is 4.98 Å². The molecule has 1 aliphatic rings. The molecule has 2 N–H and O–H groups in total. The van der Waals surface area contributed by atoms with Crippen molar-refractivity contribution in [1.29, 1.82) is 0 Å². The van der Waals surface area contributed by atoms with Crippen molar-refractivity contribution >= 4 is 27.5 Å². The molecular formula is C16H15N3O2S. The summed E-state index contributed by atoms with van der Waals surface area (Å²) in [6.07, 6.45) is 0.956. The third kappa shape index (κ3) is 2.51. The van der Waals surface area contributed by atoms with Crippen LogP contribution in [0.2, 0.25) is 0 Å². The lowest BCUT2D eigenvalue weighted by molar-refractivity contribution is 0.0913. The highest BCUT2D eigenvalue weighted by Crippen LogP contribution is 2.31. The van der Waals surface area contributed by atoms with Gasteiger partial charge in [-0.3, -0.25) is 4.79 Å². The number of hydrogen-bond acceptors (Lipinski definition) is 5. The Kier molecular flexibility index (Phi) is 3.40. The molecule has 1 aliphatic heterocycles. The normalized spacial score (nSPS) is 17.9. The summed E-state index contributed by atoms with van der Waals surface area (Å²) in [5.74, 6) is 0.804. The maximum absolute atomic E-state index is 12.2. The van der Waals surface area contributed by atoms with Gasteiger partial charge in [0.1, 0.15) is 0 Å². The number of furan rings is 1. The number of hydrogen-bond donors (Lipinski definition) is 2. The summed E-state index contributed by atoms with van der Waals surface area (Å²) in [4.78, 5) is 16.7. The molecule has 5 nitrogen and oxygen atoms in total. The predicted molar refractivity (Wildman–Crippen MR) is 86.1 cm³/mol. The molecule has 1 unspecified atom stereocenters. The Morgan fingerprint density at radius 2 is 2.23 bits per heavy atom. The second-order valence-electron chi connectivity index (χ2n) is 5.31. The number of nitrogens with one attached hydrogen (secondary N) is 2. The maximum atomic E-state index is 12.2. The van der Waals surface area contributed by atoms with Crippen LogP contribution < -0.4 is 10.6 Å². The van der Waals surface area contributed by atoms with Crippen molar-refractivity contribution in [2.45, 2.75) is 12.5 Å². The van der Waals surface area contributed by atoms with E-state index in [9.17, 15) is 4.79 Å².